The Morgan fingerprint density at radius 3 is 2.72 bits per heavy atom. The van der Waals surface area contributed by atoms with Crippen LogP contribution in [0.15, 0.2) is 41.5 Å². The smallest absolute Gasteiger partial charge is 0.270 e. The second kappa shape index (κ2) is 7.51. The maximum absolute atomic E-state index is 13.8. The number of halogens is 1. The second-order valence-electron chi connectivity index (χ2n) is 5.80. The standard InChI is InChI=1S/C18H16FN3O2S/c1-24-17-5-3-11(6-15(17)19)12-2-4-16(20-9-12)18(23)22-14-7-13(8-14)21-10-25/h2-6,9,13-14H,7-8H2,1H3,(H,22,23)/t13-,14+. The summed E-state index contributed by atoms with van der Waals surface area (Å²) < 4.78 is 18.7. The van der Waals surface area contributed by atoms with Crippen molar-refractivity contribution in [3.8, 4) is 16.9 Å². The summed E-state index contributed by atoms with van der Waals surface area (Å²) in [6.45, 7) is 0. The van der Waals surface area contributed by atoms with E-state index in [1.54, 1.807) is 30.5 Å². The van der Waals surface area contributed by atoms with Gasteiger partial charge in [0.1, 0.15) is 5.69 Å². The Morgan fingerprint density at radius 1 is 1.36 bits per heavy atom. The molecule has 1 N–H and O–H groups in total. The van der Waals surface area contributed by atoms with Crippen LogP contribution in [-0.2, 0) is 0 Å². The maximum Gasteiger partial charge on any atom is 0.270 e. The van der Waals surface area contributed by atoms with Gasteiger partial charge in [-0.15, -0.1) is 0 Å². The lowest BCUT2D eigenvalue weighted by Gasteiger charge is -2.32. The first-order valence-corrected chi connectivity index (χ1v) is 8.19. The van der Waals surface area contributed by atoms with Crippen molar-refractivity contribution in [3.63, 3.8) is 0 Å². The van der Waals surface area contributed by atoms with Gasteiger partial charge in [-0.2, -0.15) is 0 Å². The first-order chi connectivity index (χ1) is 12.1. The molecule has 1 aromatic heterocycles. The summed E-state index contributed by atoms with van der Waals surface area (Å²) in [5.74, 6) is -0.493. The number of rotatable bonds is 5. The average Bonchev–Trinajstić information content (AvgIpc) is 2.60. The average molecular weight is 357 g/mol. The highest BCUT2D eigenvalue weighted by atomic mass is 32.1. The van der Waals surface area contributed by atoms with E-state index in [2.05, 4.69) is 32.7 Å². The van der Waals surface area contributed by atoms with E-state index in [4.69, 9.17) is 4.74 Å². The van der Waals surface area contributed by atoms with Gasteiger partial charge in [-0.3, -0.25) is 9.78 Å². The number of methoxy groups -OCH3 is 1. The number of thiocarbonyl (C=S) groups is 1. The molecule has 0 spiro atoms. The van der Waals surface area contributed by atoms with Crippen LogP contribution < -0.4 is 10.1 Å². The summed E-state index contributed by atoms with van der Waals surface area (Å²) in [6.07, 6.45) is 3.08. The van der Waals surface area contributed by atoms with E-state index in [0.29, 0.717) is 11.3 Å². The summed E-state index contributed by atoms with van der Waals surface area (Å²) in [6, 6.07) is 8.28. The number of aliphatic imine (C=N–C) groups is 1. The van der Waals surface area contributed by atoms with Gasteiger partial charge in [0.2, 0.25) is 0 Å². The molecule has 1 amide bonds. The minimum Gasteiger partial charge on any atom is -0.494 e. The van der Waals surface area contributed by atoms with E-state index < -0.39 is 5.82 Å². The highest BCUT2D eigenvalue weighted by Gasteiger charge is 2.30. The third-order valence-electron chi connectivity index (χ3n) is 4.16. The van der Waals surface area contributed by atoms with Gasteiger partial charge in [-0.1, -0.05) is 12.1 Å². The molecular formula is C18H16FN3O2S. The molecule has 1 saturated carbocycles. The quantitative estimate of drug-likeness (QED) is 0.659. The van der Waals surface area contributed by atoms with Crippen LogP contribution in [0.3, 0.4) is 0 Å². The topological polar surface area (TPSA) is 63.6 Å². The minimum atomic E-state index is -0.444. The molecule has 3 rings (SSSR count). The molecule has 0 radical (unpaired) electrons. The van der Waals surface area contributed by atoms with Crippen molar-refractivity contribution in [2.24, 2.45) is 4.99 Å². The Morgan fingerprint density at radius 2 is 2.12 bits per heavy atom. The fraction of sp³-hybridized carbons (Fsp3) is 0.278. The number of benzene rings is 1. The van der Waals surface area contributed by atoms with E-state index in [-0.39, 0.29) is 23.7 Å². The fourth-order valence-electron chi connectivity index (χ4n) is 2.69. The van der Waals surface area contributed by atoms with Gasteiger partial charge in [0.25, 0.3) is 5.91 Å². The number of amides is 1. The van der Waals surface area contributed by atoms with Crippen LogP contribution in [0.5, 0.6) is 5.75 Å². The number of hydrogen-bond acceptors (Lipinski definition) is 5. The minimum absolute atomic E-state index is 0.0850. The Balaban J connectivity index is 1.65. The third kappa shape index (κ3) is 3.90. The van der Waals surface area contributed by atoms with E-state index in [0.717, 1.165) is 18.4 Å². The molecular weight excluding hydrogens is 341 g/mol. The van der Waals surface area contributed by atoms with Crippen LogP contribution in [0.1, 0.15) is 23.3 Å². The summed E-state index contributed by atoms with van der Waals surface area (Å²) in [5.41, 5.74) is 1.70. The number of hydrogen-bond donors (Lipinski definition) is 1. The number of aromatic nitrogens is 1. The highest BCUT2D eigenvalue weighted by molar-refractivity contribution is 7.78. The fourth-order valence-corrected chi connectivity index (χ4v) is 2.84. The van der Waals surface area contributed by atoms with E-state index in [1.807, 2.05) is 0 Å². The Labute approximate surface area is 150 Å². The van der Waals surface area contributed by atoms with Gasteiger partial charge in [0, 0.05) is 17.8 Å². The van der Waals surface area contributed by atoms with Crippen LogP contribution in [0.25, 0.3) is 11.1 Å². The van der Waals surface area contributed by atoms with Crippen molar-refractivity contribution < 1.29 is 13.9 Å². The first-order valence-electron chi connectivity index (χ1n) is 7.78. The summed E-state index contributed by atoms with van der Waals surface area (Å²) in [7, 11) is 1.42. The van der Waals surface area contributed by atoms with Gasteiger partial charge < -0.3 is 10.1 Å². The van der Waals surface area contributed by atoms with E-state index in [1.165, 1.54) is 13.2 Å². The maximum atomic E-state index is 13.8. The Kier molecular flexibility index (Phi) is 5.16. The number of carbonyl (C=O) groups is 1. The van der Waals surface area contributed by atoms with Gasteiger partial charge >= 0.3 is 0 Å². The van der Waals surface area contributed by atoms with Gasteiger partial charge in [-0.25, -0.2) is 9.38 Å². The van der Waals surface area contributed by atoms with E-state index >= 15 is 0 Å². The van der Waals surface area contributed by atoms with Gasteiger partial charge in [0.05, 0.1) is 18.3 Å². The van der Waals surface area contributed by atoms with Crippen molar-refractivity contribution in [2.45, 2.75) is 24.9 Å². The lowest BCUT2D eigenvalue weighted by atomic mass is 9.87. The molecule has 0 unspecified atom stereocenters. The molecule has 1 aliphatic carbocycles. The molecule has 25 heavy (non-hydrogen) atoms. The molecule has 128 valence electrons. The Hall–Kier alpha value is -2.63. The molecule has 2 aromatic rings. The number of isothiocyanates is 1. The van der Waals surface area contributed by atoms with Crippen LogP contribution >= 0.6 is 12.2 Å². The van der Waals surface area contributed by atoms with Crippen molar-refractivity contribution in [2.75, 3.05) is 7.11 Å². The lowest BCUT2D eigenvalue weighted by molar-refractivity contribution is 0.0905. The SMILES string of the molecule is COc1ccc(-c2ccc(C(=O)N[C@H]3C[C@@H](N=C=S)C3)nc2)cc1F. The molecule has 0 atom stereocenters. The lowest BCUT2D eigenvalue weighted by Crippen LogP contribution is -2.46. The third-order valence-corrected chi connectivity index (χ3v) is 4.27. The highest BCUT2D eigenvalue weighted by Crippen LogP contribution is 2.26. The molecule has 1 fully saturated rings. The van der Waals surface area contributed by atoms with Crippen molar-refractivity contribution in [1.82, 2.24) is 10.3 Å². The molecule has 1 heterocycles. The van der Waals surface area contributed by atoms with Crippen molar-refractivity contribution in [1.29, 1.82) is 0 Å². The van der Waals surface area contributed by atoms with Crippen LogP contribution in [0, 0.1) is 5.82 Å². The molecule has 0 bridgehead atoms. The zero-order valence-electron chi connectivity index (χ0n) is 13.5. The molecule has 1 aliphatic rings. The zero-order chi connectivity index (χ0) is 17.8. The summed E-state index contributed by atoms with van der Waals surface area (Å²) in [5, 5.41) is 5.26. The number of ether oxygens (including phenoxy) is 1. The van der Waals surface area contributed by atoms with Crippen LogP contribution in [0.2, 0.25) is 0 Å². The molecule has 0 saturated heterocycles. The predicted molar refractivity (Wildman–Crippen MR) is 95.5 cm³/mol. The normalized spacial score (nSPS) is 18.6. The van der Waals surface area contributed by atoms with Crippen LogP contribution in [-0.4, -0.2) is 35.2 Å². The van der Waals surface area contributed by atoms with Crippen molar-refractivity contribution in [3.05, 3.63) is 48.0 Å². The van der Waals surface area contributed by atoms with E-state index in [9.17, 15) is 9.18 Å². The van der Waals surface area contributed by atoms with Crippen LogP contribution in [0.4, 0.5) is 4.39 Å². The summed E-state index contributed by atoms with van der Waals surface area (Å²) in [4.78, 5) is 20.3. The molecule has 7 heteroatoms. The molecule has 0 aliphatic heterocycles. The Bertz CT molecular complexity index is 829. The van der Waals surface area contributed by atoms with Gasteiger partial charge in [0.15, 0.2) is 11.6 Å². The van der Waals surface area contributed by atoms with Gasteiger partial charge in [-0.05, 0) is 48.8 Å². The number of nitrogens with one attached hydrogen (secondary N) is 1. The zero-order valence-corrected chi connectivity index (χ0v) is 14.3. The number of pyridine rings is 1. The second-order valence-corrected chi connectivity index (χ2v) is 5.98. The molecule has 1 aromatic carbocycles. The summed E-state index contributed by atoms with van der Waals surface area (Å²) >= 11 is 4.56. The predicted octanol–water partition coefficient (Wildman–Crippen LogP) is 3.26. The first kappa shape index (κ1) is 17.2. The van der Waals surface area contributed by atoms with Crippen molar-refractivity contribution >= 4 is 23.3 Å². The monoisotopic (exact) mass is 357 g/mol. The molecule has 5 nitrogen and oxygen atoms in total. The largest absolute Gasteiger partial charge is 0.494 e. The number of carbonyl (C=O) groups excluding carboxylic acids is 1. The number of nitrogens with zero attached hydrogens (tertiary/aromatic N) is 2.